The van der Waals surface area contributed by atoms with Crippen LogP contribution in [0.1, 0.15) is 11.1 Å². The molecule has 3 aromatic rings. The predicted molar refractivity (Wildman–Crippen MR) is 98.1 cm³/mol. The summed E-state index contributed by atoms with van der Waals surface area (Å²) < 4.78 is 41.1. The second-order valence-electron chi connectivity index (χ2n) is 5.39. The van der Waals surface area contributed by atoms with Gasteiger partial charge in [-0.15, -0.1) is 0 Å². The zero-order valence-electron chi connectivity index (χ0n) is 14.1. The van der Waals surface area contributed by atoms with Crippen LogP contribution in [-0.4, -0.2) is 25.8 Å². The Labute approximate surface area is 156 Å². The average Bonchev–Trinajstić information content (AvgIpc) is 2.67. The number of methoxy groups -OCH3 is 1. The van der Waals surface area contributed by atoms with Crippen LogP contribution in [0, 0.1) is 17.1 Å². The van der Waals surface area contributed by atoms with E-state index in [0.29, 0.717) is 22.3 Å². The van der Waals surface area contributed by atoms with Crippen LogP contribution in [0.25, 0.3) is 11.0 Å². The fraction of sp³-hybridized carbons (Fsp3) is 0.118. The number of ether oxygens (including phenoxy) is 1. The highest BCUT2D eigenvalue weighted by atomic mass is 32.2. The maximum atomic E-state index is 14.2. The minimum absolute atomic E-state index is 0.0730. The van der Waals surface area contributed by atoms with Gasteiger partial charge >= 0.3 is 0 Å². The summed E-state index contributed by atoms with van der Waals surface area (Å²) in [7, 11) is 1.44. The summed E-state index contributed by atoms with van der Waals surface area (Å²) in [4.78, 5) is 8.42. The molecule has 138 valence electrons. The molecule has 0 radical (unpaired) electrons. The molecule has 2 aromatic carbocycles. The Balaban J connectivity index is 2.00. The fourth-order valence-corrected chi connectivity index (χ4v) is 2.74. The van der Waals surface area contributed by atoms with Gasteiger partial charge in [0.25, 0.3) is 0 Å². The van der Waals surface area contributed by atoms with Crippen LogP contribution in [0.4, 0.5) is 15.8 Å². The van der Waals surface area contributed by atoms with E-state index in [1.807, 2.05) is 0 Å². The molecule has 0 saturated carbocycles. The number of nitriles is 1. The molecule has 0 spiro atoms. The van der Waals surface area contributed by atoms with Crippen molar-refractivity contribution in [3.8, 4) is 11.9 Å². The van der Waals surface area contributed by atoms with Gasteiger partial charge in [-0.1, -0.05) is 6.07 Å². The van der Waals surface area contributed by atoms with Crippen molar-refractivity contribution in [2.24, 2.45) is 0 Å². The highest BCUT2D eigenvalue weighted by Crippen LogP contribution is 2.28. The number of hydrogen-bond donors (Lipinski definition) is 3. The van der Waals surface area contributed by atoms with Gasteiger partial charge in [0.1, 0.15) is 23.0 Å². The monoisotopic (exact) mass is 387 g/mol. The number of benzene rings is 2. The van der Waals surface area contributed by atoms with Crippen molar-refractivity contribution in [3.05, 3.63) is 53.5 Å². The van der Waals surface area contributed by atoms with Crippen molar-refractivity contribution in [3.63, 3.8) is 0 Å². The van der Waals surface area contributed by atoms with E-state index < -0.39 is 17.1 Å². The smallest absolute Gasteiger partial charge is 0.232 e. The van der Waals surface area contributed by atoms with E-state index in [4.69, 9.17) is 9.29 Å². The van der Waals surface area contributed by atoms with Gasteiger partial charge < -0.3 is 10.1 Å². The third-order valence-electron chi connectivity index (χ3n) is 3.71. The first-order chi connectivity index (χ1) is 13.0. The lowest BCUT2D eigenvalue weighted by Gasteiger charge is -2.12. The molecule has 0 fully saturated rings. The molecule has 0 aliphatic heterocycles. The summed E-state index contributed by atoms with van der Waals surface area (Å²) in [6.45, 7) is 0.0730. The van der Waals surface area contributed by atoms with Crippen LogP contribution in [0.2, 0.25) is 0 Å². The van der Waals surface area contributed by atoms with E-state index in [9.17, 15) is 13.9 Å². The molecule has 3 N–H and O–H groups in total. The molecule has 0 aliphatic rings. The number of halogens is 1. The first-order valence-electron chi connectivity index (χ1n) is 7.65. The summed E-state index contributed by atoms with van der Waals surface area (Å²) in [5.41, 5.74) is 2.07. The average molecular weight is 387 g/mol. The number of nitrogens with one attached hydrogen (secondary N) is 2. The van der Waals surface area contributed by atoms with Gasteiger partial charge in [0.15, 0.2) is 0 Å². The van der Waals surface area contributed by atoms with Crippen LogP contribution in [0.5, 0.6) is 5.88 Å². The number of fused-ring (bicyclic) bond motifs is 1. The van der Waals surface area contributed by atoms with E-state index in [1.54, 1.807) is 12.1 Å². The largest absolute Gasteiger partial charge is 0.480 e. The predicted octanol–water partition coefficient (Wildman–Crippen LogP) is 2.62. The number of nitrogens with zero attached hydrogens (tertiary/aromatic N) is 3. The Hall–Kier alpha value is -3.13. The zero-order chi connectivity index (χ0) is 19.4. The Morgan fingerprint density at radius 1 is 1.33 bits per heavy atom. The number of aromatic nitrogens is 2. The van der Waals surface area contributed by atoms with Gasteiger partial charge in [-0.3, -0.25) is 4.55 Å². The Bertz CT molecular complexity index is 1070. The lowest BCUT2D eigenvalue weighted by atomic mass is 10.1. The highest BCUT2D eigenvalue weighted by molar-refractivity contribution is 7.77. The van der Waals surface area contributed by atoms with Crippen LogP contribution in [-0.2, 0) is 17.8 Å². The van der Waals surface area contributed by atoms with Crippen LogP contribution in [0.15, 0.2) is 36.5 Å². The Kier molecular flexibility index (Phi) is 5.56. The molecule has 3 rings (SSSR count). The molecule has 8 nitrogen and oxygen atoms in total. The molecule has 0 amide bonds. The van der Waals surface area contributed by atoms with E-state index in [0.717, 1.165) is 0 Å². The van der Waals surface area contributed by atoms with Crippen LogP contribution >= 0.6 is 0 Å². The van der Waals surface area contributed by atoms with E-state index >= 15 is 0 Å². The highest BCUT2D eigenvalue weighted by Gasteiger charge is 2.13. The number of rotatable bonds is 6. The minimum atomic E-state index is -2.17. The molecular formula is C17H14FN5O3S. The molecule has 27 heavy (non-hydrogen) atoms. The first kappa shape index (κ1) is 18.7. The molecule has 0 aliphatic carbocycles. The third-order valence-corrected chi connectivity index (χ3v) is 4.10. The standard InChI is InChI=1S/C17H14FN5O3S/c1-26-16-9-20-14-5-4-13(11(7-19)17(14)23-16)22-15-6-10(2-3-12(15)18)8-21-27(24)25/h2-6,9,21-22H,8H2,1H3,(H,24,25). The molecule has 1 unspecified atom stereocenters. The van der Waals surface area contributed by atoms with E-state index in [-0.39, 0.29) is 23.7 Å². The van der Waals surface area contributed by atoms with Gasteiger partial charge in [-0.25, -0.2) is 23.3 Å². The lowest BCUT2D eigenvalue weighted by Crippen LogP contribution is -2.15. The molecule has 0 saturated heterocycles. The summed E-state index contributed by atoms with van der Waals surface area (Å²) in [6, 6.07) is 9.52. The summed E-state index contributed by atoms with van der Waals surface area (Å²) in [5, 5.41) is 12.4. The lowest BCUT2D eigenvalue weighted by molar-refractivity contribution is 0.397. The van der Waals surface area contributed by atoms with Crippen LogP contribution in [0.3, 0.4) is 0 Å². The molecule has 1 atom stereocenters. The third kappa shape index (κ3) is 4.17. The van der Waals surface area contributed by atoms with Crippen molar-refractivity contribution in [1.82, 2.24) is 14.7 Å². The molecule has 0 bridgehead atoms. The van der Waals surface area contributed by atoms with E-state index in [2.05, 4.69) is 26.1 Å². The van der Waals surface area contributed by atoms with Gasteiger partial charge in [-0.05, 0) is 29.8 Å². The van der Waals surface area contributed by atoms with Crippen molar-refractivity contribution >= 4 is 33.7 Å². The van der Waals surface area contributed by atoms with Gasteiger partial charge in [0.2, 0.25) is 17.1 Å². The van der Waals surface area contributed by atoms with Gasteiger partial charge in [0, 0.05) is 6.54 Å². The fourth-order valence-electron chi connectivity index (χ4n) is 2.45. The first-order valence-corrected chi connectivity index (χ1v) is 8.76. The van der Waals surface area contributed by atoms with E-state index in [1.165, 1.54) is 31.5 Å². The minimum Gasteiger partial charge on any atom is -0.480 e. The number of hydrogen-bond acceptors (Lipinski definition) is 6. The summed E-state index contributed by atoms with van der Waals surface area (Å²) in [6.07, 6.45) is 1.44. The second kappa shape index (κ2) is 8.05. The maximum absolute atomic E-state index is 14.2. The Morgan fingerprint density at radius 3 is 2.85 bits per heavy atom. The summed E-state index contributed by atoms with van der Waals surface area (Å²) in [5.74, 6) is -0.281. The van der Waals surface area contributed by atoms with Crippen molar-refractivity contribution < 1.29 is 17.9 Å². The van der Waals surface area contributed by atoms with Crippen LogP contribution < -0.4 is 14.8 Å². The topological polar surface area (TPSA) is 120 Å². The normalized spacial score (nSPS) is 11.8. The summed E-state index contributed by atoms with van der Waals surface area (Å²) >= 11 is -2.17. The number of anilines is 2. The quantitative estimate of drug-likeness (QED) is 0.556. The van der Waals surface area contributed by atoms with Gasteiger partial charge in [-0.2, -0.15) is 5.26 Å². The second-order valence-corrected chi connectivity index (χ2v) is 6.18. The molecule has 10 heteroatoms. The SMILES string of the molecule is COc1cnc2ccc(Nc3cc(CNS(=O)O)ccc3F)c(C#N)c2n1. The Morgan fingerprint density at radius 2 is 2.15 bits per heavy atom. The van der Waals surface area contributed by atoms with Gasteiger partial charge in [0.05, 0.1) is 30.2 Å². The van der Waals surface area contributed by atoms with Crippen molar-refractivity contribution in [2.75, 3.05) is 12.4 Å². The zero-order valence-corrected chi connectivity index (χ0v) is 14.9. The molecular weight excluding hydrogens is 373 g/mol. The maximum Gasteiger partial charge on any atom is 0.232 e. The molecule has 1 heterocycles. The molecule has 1 aromatic heterocycles. The van der Waals surface area contributed by atoms with Crippen molar-refractivity contribution in [2.45, 2.75) is 6.54 Å². The van der Waals surface area contributed by atoms with Crippen molar-refractivity contribution in [1.29, 1.82) is 5.26 Å².